The summed E-state index contributed by atoms with van der Waals surface area (Å²) in [6.07, 6.45) is 0. The topological polar surface area (TPSA) is 38.9 Å². The van der Waals surface area contributed by atoms with Crippen LogP contribution < -0.4 is 5.73 Å². The zero-order chi connectivity index (χ0) is 9.97. The van der Waals surface area contributed by atoms with Gasteiger partial charge in [-0.15, -0.1) is 11.3 Å². The van der Waals surface area contributed by atoms with Gasteiger partial charge in [-0.3, -0.25) is 0 Å². The number of thiazole rings is 1. The smallest absolute Gasteiger partial charge is 0.151 e. The second-order valence-corrected chi connectivity index (χ2v) is 4.07. The summed E-state index contributed by atoms with van der Waals surface area (Å²) in [7, 11) is 0. The number of thiocarbonyl (C=S) groups is 1. The van der Waals surface area contributed by atoms with E-state index in [1.807, 2.05) is 35.7 Å². The van der Waals surface area contributed by atoms with Gasteiger partial charge in [-0.25, -0.2) is 4.98 Å². The van der Waals surface area contributed by atoms with Crippen LogP contribution in [-0.2, 0) is 0 Å². The van der Waals surface area contributed by atoms with Crippen molar-refractivity contribution in [2.75, 3.05) is 0 Å². The Labute approximate surface area is 91.4 Å². The minimum Gasteiger partial charge on any atom is -0.387 e. The summed E-state index contributed by atoms with van der Waals surface area (Å²) >= 11 is 6.33. The first-order valence-electron chi connectivity index (χ1n) is 4.08. The Morgan fingerprint density at radius 2 is 2.00 bits per heavy atom. The van der Waals surface area contributed by atoms with Gasteiger partial charge in [-0.05, 0) is 0 Å². The van der Waals surface area contributed by atoms with Crippen LogP contribution in [-0.4, -0.2) is 9.97 Å². The van der Waals surface area contributed by atoms with E-state index in [1.54, 1.807) is 0 Å². The molecule has 0 saturated carbocycles. The van der Waals surface area contributed by atoms with Crippen molar-refractivity contribution < 1.29 is 0 Å². The predicted molar refractivity (Wildman–Crippen MR) is 63.4 cm³/mol. The highest BCUT2D eigenvalue weighted by Gasteiger charge is 2.05. The van der Waals surface area contributed by atoms with Crippen molar-refractivity contribution in [2.45, 2.75) is 0 Å². The van der Waals surface area contributed by atoms with Crippen molar-refractivity contribution in [1.29, 1.82) is 0 Å². The summed E-state index contributed by atoms with van der Waals surface area (Å²) in [6.45, 7) is 0. The van der Waals surface area contributed by atoms with Gasteiger partial charge in [0, 0.05) is 10.9 Å². The van der Waals surface area contributed by atoms with Gasteiger partial charge in [0.1, 0.15) is 4.99 Å². The number of nitrogens with two attached hydrogens (primary N) is 1. The van der Waals surface area contributed by atoms with Crippen LogP contribution in [0.15, 0.2) is 35.7 Å². The highest BCUT2D eigenvalue weighted by atomic mass is 32.1. The van der Waals surface area contributed by atoms with E-state index in [-0.39, 0.29) is 0 Å². The van der Waals surface area contributed by atoms with E-state index in [4.69, 9.17) is 18.0 Å². The fraction of sp³-hybridized carbons (Fsp3) is 0. The van der Waals surface area contributed by atoms with Crippen LogP contribution in [0.5, 0.6) is 0 Å². The number of nitrogens with zero attached hydrogens (tertiary/aromatic N) is 1. The molecule has 0 aliphatic carbocycles. The van der Waals surface area contributed by atoms with Crippen LogP contribution in [0, 0.1) is 0 Å². The third kappa shape index (κ3) is 1.81. The molecule has 0 fully saturated rings. The second-order valence-electron chi connectivity index (χ2n) is 2.77. The van der Waals surface area contributed by atoms with Crippen LogP contribution in [0.2, 0.25) is 0 Å². The van der Waals surface area contributed by atoms with Crippen LogP contribution in [0.3, 0.4) is 0 Å². The van der Waals surface area contributed by atoms with Gasteiger partial charge in [-0.1, -0.05) is 42.5 Å². The van der Waals surface area contributed by atoms with Crippen molar-refractivity contribution in [2.24, 2.45) is 5.73 Å². The van der Waals surface area contributed by atoms with Crippen LogP contribution >= 0.6 is 23.6 Å². The molecule has 0 saturated heterocycles. The van der Waals surface area contributed by atoms with E-state index in [0.29, 0.717) is 4.99 Å². The molecule has 0 aliphatic heterocycles. The Kier molecular flexibility index (Phi) is 2.56. The summed E-state index contributed by atoms with van der Waals surface area (Å²) in [5.74, 6) is 0. The fourth-order valence-electron chi connectivity index (χ4n) is 1.13. The molecule has 0 radical (unpaired) electrons. The minimum absolute atomic E-state index is 0.359. The summed E-state index contributed by atoms with van der Waals surface area (Å²) in [5.41, 5.74) is 7.50. The number of hydrogen-bond acceptors (Lipinski definition) is 3. The molecule has 0 unspecified atom stereocenters. The highest BCUT2D eigenvalue weighted by molar-refractivity contribution is 7.81. The number of rotatable bonds is 2. The summed E-state index contributed by atoms with van der Waals surface area (Å²) in [4.78, 5) is 4.69. The van der Waals surface area contributed by atoms with Gasteiger partial charge in [0.15, 0.2) is 5.01 Å². The molecular formula is C10H8N2S2. The van der Waals surface area contributed by atoms with E-state index in [2.05, 4.69) is 4.98 Å². The monoisotopic (exact) mass is 220 g/mol. The largest absolute Gasteiger partial charge is 0.387 e. The summed E-state index contributed by atoms with van der Waals surface area (Å²) in [6, 6.07) is 9.96. The second kappa shape index (κ2) is 3.86. The summed E-state index contributed by atoms with van der Waals surface area (Å²) in [5, 5.41) is 2.68. The third-order valence-electron chi connectivity index (χ3n) is 1.78. The van der Waals surface area contributed by atoms with E-state index < -0.39 is 0 Å². The molecule has 1 aromatic carbocycles. The molecule has 0 atom stereocenters. The normalized spacial score (nSPS) is 10.0. The number of hydrogen-bond donors (Lipinski definition) is 1. The Morgan fingerprint density at radius 3 is 2.57 bits per heavy atom. The average Bonchev–Trinajstić information content (AvgIpc) is 2.68. The van der Waals surface area contributed by atoms with Gasteiger partial charge in [0.25, 0.3) is 0 Å². The van der Waals surface area contributed by atoms with Crippen LogP contribution in [0.4, 0.5) is 0 Å². The first-order chi connectivity index (χ1) is 6.77. The van der Waals surface area contributed by atoms with E-state index >= 15 is 0 Å². The lowest BCUT2D eigenvalue weighted by Crippen LogP contribution is -2.08. The molecule has 4 heteroatoms. The maximum absolute atomic E-state index is 5.48. The van der Waals surface area contributed by atoms with Crippen molar-refractivity contribution in [3.8, 4) is 11.3 Å². The maximum atomic E-state index is 5.48. The molecule has 2 aromatic rings. The van der Waals surface area contributed by atoms with Crippen LogP contribution in [0.1, 0.15) is 5.01 Å². The molecule has 2 nitrogen and oxygen atoms in total. The van der Waals surface area contributed by atoms with Gasteiger partial charge in [0.05, 0.1) is 5.69 Å². The summed E-state index contributed by atoms with van der Waals surface area (Å²) < 4.78 is 0. The quantitative estimate of drug-likeness (QED) is 0.790. The van der Waals surface area contributed by atoms with Crippen molar-refractivity contribution >= 4 is 28.5 Å². The Morgan fingerprint density at radius 1 is 1.29 bits per heavy atom. The van der Waals surface area contributed by atoms with Gasteiger partial charge in [0.2, 0.25) is 0 Å². The van der Waals surface area contributed by atoms with Gasteiger partial charge < -0.3 is 5.73 Å². The minimum atomic E-state index is 0.359. The molecule has 14 heavy (non-hydrogen) atoms. The lowest BCUT2D eigenvalue weighted by Gasteiger charge is -1.93. The Balaban J connectivity index is 2.39. The Hall–Kier alpha value is -1.26. The SMILES string of the molecule is NC(=S)c1nc(-c2ccccc2)cs1. The molecule has 0 spiro atoms. The number of benzene rings is 1. The number of aromatic nitrogens is 1. The van der Waals surface area contributed by atoms with Crippen molar-refractivity contribution in [3.63, 3.8) is 0 Å². The third-order valence-corrected chi connectivity index (χ3v) is 2.98. The molecule has 0 bridgehead atoms. The van der Waals surface area contributed by atoms with Crippen LogP contribution in [0.25, 0.3) is 11.3 Å². The van der Waals surface area contributed by atoms with Gasteiger partial charge in [-0.2, -0.15) is 0 Å². The molecule has 1 aromatic heterocycles. The first-order valence-corrected chi connectivity index (χ1v) is 5.37. The lowest BCUT2D eigenvalue weighted by atomic mass is 10.2. The molecule has 1 heterocycles. The Bertz CT molecular complexity index is 448. The fourth-order valence-corrected chi connectivity index (χ4v) is 2.00. The highest BCUT2D eigenvalue weighted by Crippen LogP contribution is 2.21. The lowest BCUT2D eigenvalue weighted by molar-refractivity contribution is 1.38. The molecule has 2 N–H and O–H groups in total. The molecule has 0 amide bonds. The zero-order valence-corrected chi connectivity index (χ0v) is 8.94. The molecule has 2 rings (SSSR count). The molecule has 0 aliphatic rings. The zero-order valence-electron chi connectivity index (χ0n) is 7.31. The predicted octanol–water partition coefficient (Wildman–Crippen LogP) is 2.44. The van der Waals surface area contributed by atoms with E-state index in [0.717, 1.165) is 16.3 Å². The maximum Gasteiger partial charge on any atom is 0.151 e. The van der Waals surface area contributed by atoms with Crippen molar-refractivity contribution in [3.05, 3.63) is 40.7 Å². The first kappa shape index (κ1) is 9.30. The average molecular weight is 220 g/mol. The standard InChI is InChI=1S/C10H8N2S2/c11-9(13)10-12-8(6-14-10)7-4-2-1-3-5-7/h1-6H,(H2,11,13). The van der Waals surface area contributed by atoms with E-state index in [1.165, 1.54) is 11.3 Å². The van der Waals surface area contributed by atoms with Crippen molar-refractivity contribution in [1.82, 2.24) is 4.98 Å². The molecule has 70 valence electrons. The molecular weight excluding hydrogens is 212 g/mol. The van der Waals surface area contributed by atoms with Gasteiger partial charge >= 0.3 is 0 Å². The van der Waals surface area contributed by atoms with E-state index in [9.17, 15) is 0 Å².